The largest absolute Gasteiger partial charge is 0.416 e. The normalized spacial score (nSPS) is 11.6. The molecule has 1 heterocycles. The summed E-state index contributed by atoms with van der Waals surface area (Å²) in [4.78, 5) is 4.43. The highest BCUT2D eigenvalue weighted by molar-refractivity contribution is 7.99. The van der Waals surface area contributed by atoms with E-state index in [2.05, 4.69) is 15.2 Å². The summed E-state index contributed by atoms with van der Waals surface area (Å²) < 4.78 is 37.9. The second-order valence-corrected chi connectivity index (χ2v) is 4.94. The quantitative estimate of drug-likeness (QED) is 0.600. The fourth-order valence-corrected chi connectivity index (χ4v) is 2.36. The summed E-state index contributed by atoms with van der Waals surface area (Å²) >= 11 is 1.04. The van der Waals surface area contributed by atoms with Crippen LogP contribution in [0.3, 0.4) is 0 Å². The third-order valence-corrected chi connectivity index (χ3v) is 3.32. The standard InChI is InChI=1S/C11H10F3N5S/c1-5-17-10(19-18-5)20-8-3-2-6(11(12,13)14)4-7(8)9(15)16/h2-4H,1H3,(H3,15,16)(H,17,18,19). The van der Waals surface area contributed by atoms with E-state index < -0.39 is 17.6 Å². The Balaban J connectivity index is 2.40. The van der Waals surface area contributed by atoms with E-state index in [-0.39, 0.29) is 5.56 Å². The van der Waals surface area contributed by atoms with Crippen LogP contribution in [0.2, 0.25) is 0 Å². The fourth-order valence-electron chi connectivity index (χ4n) is 1.47. The van der Waals surface area contributed by atoms with E-state index in [0.717, 1.165) is 23.9 Å². The number of alkyl halides is 3. The topological polar surface area (TPSA) is 91.4 Å². The average Bonchev–Trinajstić information content (AvgIpc) is 2.73. The van der Waals surface area contributed by atoms with Gasteiger partial charge < -0.3 is 5.73 Å². The first-order chi connectivity index (χ1) is 9.27. The van der Waals surface area contributed by atoms with E-state index in [1.165, 1.54) is 6.07 Å². The maximum atomic E-state index is 12.6. The molecule has 2 rings (SSSR count). The monoisotopic (exact) mass is 301 g/mol. The van der Waals surface area contributed by atoms with Crippen LogP contribution in [-0.2, 0) is 6.18 Å². The number of halogens is 3. The zero-order valence-corrected chi connectivity index (χ0v) is 11.1. The lowest BCUT2D eigenvalue weighted by molar-refractivity contribution is -0.137. The Morgan fingerprint density at radius 3 is 2.60 bits per heavy atom. The molecule has 4 N–H and O–H groups in total. The number of aryl methyl sites for hydroxylation is 1. The van der Waals surface area contributed by atoms with Crippen molar-refractivity contribution in [2.45, 2.75) is 23.2 Å². The van der Waals surface area contributed by atoms with Gasteiger partial charge in [0.2, 0.25) is 5.16 Å². The number of H-pyrrole nitrogens is 1. The zero-order chi connectivity index (χ0) is 14.9. The van der Waals surface area contributed by atoms with Crippen LogP contribution >= 0.6 is 11.8 Å². The van der Waals surface area contributed by atoms with Crippen molar-refractivity contribution in [3.05, 3.63) is 35.2 Å². The highest BCUT2D eigenvalue weighted by Crippen LogP contribution is 2.34. The first-order valence-corrected chi connectivity index (χ1v) is 6.21. The van der Waals surface area contributed by atoms with Crippen molar-refractivity contribution in [2.75, 3.05) is 0 Å². The van der Waals surface area contributed by atoms with E-state index >= 15 is 0 Å². The molecule has 0 bridgehead atoms. The number of amidine groups is 1. The van der Waals surface area contributed by atoms with E-state index in [0.29, 0.717) is 15.9 Å². The maximum Gasteiger partial charge on any atom is 0.416 e. The SMILES string of the molecule is Cc1nc(Sc2ccc(C(F)(F)F)cc2C(=N)N)n[nH]1. The van der Waals surface area contributed by atoms with Gasteiger partial charge in [0.05, 0.1) is 5.56 Å². The van der Waals surface area contributed by atoms with Crippen LogP contribution in [0.1, 0.15) is 17.0 Å². The van der Waals surface area contributed by atoms with Gasteiger partial charge in [-0.25, -0.2) is 4.98 Å². The minimum absolute atomic E-state index is 0.00674. The Kier molecular flexibility index (Phi) is 3.71. The van der Waals surface area contributed by atoms with Crippen molar-refractivity contribution >= 4 is 17.6 Å². The van der Waals surface area contributed by atoms with Gasteiger partial charge in [0, 0.05) is 10.5 Å². The molecule has 5 nitrogen and oxygen atoms in total. The molecule has 0 saturated carbocycles. The van der Waals surface area contributed by atoms with Crippen molar-refractivity contribution in [3.63, 3.8) is 0 Å². The van der Waals surface area contributed by atoms with Gasteiger partial charge in [0.15, 0.2) is 0 Å². The Morgan fingerprint density at radius 2 is 2.10 bits per heavy atom. The van der Waals surface area contributed by atoms with E-state index in [9.17, 15) is 13.2 Å². The van der Waals surface area contributed by atoms with Crippen molar-refractivity contribution in [1.82, 2.24) is 15.2 Å². The molecule has 0 spiro atoms. The van der Waals surface area contributed by atoms with E-state index in [1.54, 1.807) is 6.92 Å². The maximum absolute atomic E-state index is 12.6. The molecule has 2 aromatic rings. The number of nitrogens with two attached hydrogens (primary N) is 1. The summed E-state index contributed by atoms with van der Waals surface area (Å²) in [5.41, 5.74) is 4.50. The number of nitrogens with one attached hydrogen (secondary N) is 2. The van der Waals surface area contributed by atoms with E-state index in [4.69, 9.17) is 11.1 Å². The molecule has 0 unspecified atom stereocenters. The number of benzene rings is 1. The van der Waals surface area contributed by atoms with Gasteiger partial charge in [-0.2, -0.15) is 13.2 Å². The minimum atomic E-state index is -4.48. The second-order valence-electron chi connectivity index (χ2n) is 3.93. The predicted octanol–water partition coefficient (Wildman–Crippen LogP) is 2.57. The number of aromatic nitrogens is 3. The molecule has 0 aliphatic carbocycles. The van der Waals surface area contributed by atoms with Crippen LogP contribution in [0.15, 0.2) is 28.3 Å². The van der Waals surface area contributed by atoms with Crippen molar-refractivity contribution in [2.24, 2.45) is 5.73 Å². The molecular formula is C11H10F3N5S. The third-order valence-electron chi connectivity index (χ3n) is 2.38. The predicted molar refractivity (Wildman–Crippen MR) is 67.7 cm³/mol. The van der Waals surface area contributed by atoms with Crippen LogP contribution < -0.4 is 5.73 Å². The van der Waals surface area contributed by atoms with Gasteiger partial charge >= 0.3 is 6.18 Å². The minimum Gasteiger partial charge on any atom is -0.384 e. The summed E-state index contributed by atoms with van der Waals surface area (Å²) in [6.45, 7) is 1.70. The molecule has 0 aliphatic rings. The number of hydrogen-bond acceptors (Lipinski definition) is 4. The van der Waals surface area contributed by atoms with Gasteiger partial charge in [-0.3, -0.25) is 10.5 Å². The van der Waals surface area contributed by atoms with Crippen molar-refractivity contribution in [3.8, 4) is 0 Å². The molecule has 0 amide bonds. The molecular weight excluding hydrogens is 291 g/mol. The first kappa shape index (κ1) is 14.4. The highest BCUT2D eigenvalue weighted by Gasteiger charge is 2.31. The number of nitrogen functional groups attached to an aromatic ring is 1. The van der Waals surface area contributed by atoms with Gasteiger partial charge in [-0.05, 0) is 36.9 Å². The Labute approximate surface area is 116 Å². The van der Waals surface area contributed by atoms with E-state index in [1.807, 2.05) is 0 Å². The zero-order valence-electron chi connectivity index (χ0n) is 10.2. The molecule has 0 saturated heterocycles. The number of aromatic amines is 1. The second kappa shape index (κ2) is 5.16. The van der Waals surface area contributed by atoms with Crippen LogP contribution in [0.4, 0.5) is 13.2 Å². The summed E-state index contributed by atoms with van der Waals surface area (Å²) in [5.74, 6) is 0.148. The number of hydrogen-bond donors (Lipinski definition) is 3. The van der Waals surface area contributed by atoms with Gasteiger partial charge in [-0.1, -0.05) is 0 Å². The summed E-state index contributed by atoms with van der Waals surface area (Å²) in [5, 5.41) is 14.3. The van der Waals surface area contributed by atoms with Crippen molar-refractivity contribution in [1.29, 1.82) is 5.41 Å². The van der Waals surface area contributed by atoms with Crippen molar-refractivity contribution < 1.29 is 13.2 Å². The molecule has 106 valence electrons. The number of rotatable bonds is 3. The van der Waals surface area contributed by atoms with Crippen LogP contribution in [0, 0.1) is 12.3 Å². The molecule has 0 fully saturated rings. The molecule has 0 atom stereocenters. The van der Waals surface area contributed by atoms with Gasteiger partial charge in [-0.15, -0.1) is 5.10 Å². The molecule has 20 heavy (non-hydrogen) atoms. The van der Waals surface area contributed by atoms with Crippen LogP contribution in [-0.4, -0.2) is 21.0 Å². The Bertz CT molecular complexity index is 650. The number of nitrogens with zero attached hydrogens (tertiary/aromatic N) is 2. The molecule has 1 aromatic carbocycles. The lowest BCUT2D eigenvalue weighted by atomic mass is 10.1. The third kappa shape index (κ3) is 3.10. The summed E-state index contributed by atoms with van der Waals surface area (Å²) in [7, 11) is 0. The molecule has 0 radical (unpaired) electrons. The van der Waals surface area contributed by atoms with Gasteiger partial charge in [0.1, 0.15) is 11.7 Å². The first-order valence-electron chi connectivity index (χ1n) is 5.40. The Morgan fingerprint density at radius 1 is 1.40 bits per heavy atom. The Hall–Kier alpha value is -2.03. The fraction of sp³-hybridized carbons (Fsp3) is 0.182. The highest BCUT2D eigenvalue weighted by atomic mass is 32.2. The van der Waals surface area contributed by atoms with Crippen LogP contribution in [0.25, 0.3) is 0 Å². The smallest absolute Gasteiger partial charge is 0.384 e. The average molecular weight is 301 g/mol. The molecule has 9 heteroatoms. The summed E-state index contributed by atoms with van der Waals surface area (Å²) in [6, 6.07) is 3.05. The molecule has 1 aromatic heterocycles. The summed E-state index contributed by atoms with van der Waals surface area (Å²) in [6.07, 6.45) is -4.48. The lowest BCUT2D eigenvalue weighted by Gasteiger charge is -2.11. The van der Waals surface area contributed by atoms with Gasteiger partial charge in [0.25, 0.3) is 0 Å². The molecule has 0 aliphatic heterocycles. The lowest BCUT2D eigenvalue weighted by Crippen LogP contribution is -2.15. The van der Waals surface area contributed by atoms with Crippen LogP contribution in [0.5, 0.6) is 0 Å².